The van der Waals surface area contributed by atoms with Crippen molar-refractivity contribution in [2.45, 2.75) is 6.61 Å². The Balaban J connectivity index is 2.28. The number of hydrogen-bond acceptors (Lipinski definition) is 2. The molecule has 1 N–H and O–H groups in total. The van der Waals surface area contributed by atoms with E-state index < -0.39 is 18.2 Å². The third-order valence-electron chi connectivity index (χ3n) is 2.25. The lowest BCUT2D eigenvalue weighted by atomic mass is 10.2. The van der Waals surface area contributed by atoms with Crippen molar-refractivity contribution in [2.24, 2.45) is 0 Å². The molecule has 17 heavy (non-hydrogen) atoms. The van der Waals surface area contributed by atoms with Gasteiger partial charge < -0.3 is 9.84 Å². The Morgan fingerprint density at radius 2 is 1.76 bits per heavy atom. The van der Waals surface area contributed by atoms with Crippen molar-refractivity contribution in [1.29, 1.82) is 0 Å². The van der Waals surface area contributed by atoms with Gasteiger partial charge in [0.25, 0.3) is 0 Å². The summed E-state index contributed by atoms with van der Waals surface area (Å²) in [4.78, 5) is 0. The number of benzene rings is 2. The van der Waals surface area contributed by atoms with Gasteiger partial charge in [0.15, 0.2) is 11.6 Å². The maximum atomic E-state index is 13.3. The first-order valence-electron chi connectivity index (χ1n) is 5.02. The first-order chi connectivity index (χ1) is 8.20. The fourth-order valence-electron chi connectivity index (χ4n) is 1.39. The molecule has 2 aromatic rings. The third-order valence-corrected chi connectivity index (χ3v) is 2.25. The van der Waals surface area contributed by atoms with Gasteiger partial charge in [0.05, 0.1) is 6.61 Å². The molecular formula is C13H10F2O2. The van der Waals surface area contributed by atoms with E-state index in [0.29, 0.717) is 0 Å². The van der Waals surface area contributed by atoms with E-state index in [0.717, 1.165) is 0 Å². The predicted molar refractivity (Wildman–Crippen MR) is 58.8 cm³/mol. The maximum Gasteiger partial charge on any atom is 0.165 e. The van der Waals surface area contributed by atoms with Crippen molar-refractivity contribution in [3.8, 4) is 11.5 Å². The Morgan fingerprint density at radius 1 is 1.00 bits per heavy atom. The molecule has 0 aliphatic heterocycles. The van der Waals surface area contributed by atoms with Crippen molar-refractivity contribution in [3.63, 3.8) is 0 Å². The van der Waals surface area contributed by atoms with Crippen LogP contribution in [0.15, 0.2) is 42.5 Å². The third kappa shape index (κ3) is 2.60. The summed E-state index contributed by atoms with van der Waals surface area (Å²) in [6.07, 6.45) is 0. The number of aliphatic hydroxyl groups excluding tert-OH is 1. The van der Waals surface area contributed by atoms with E-state index >= 15 is 0 Å². The minimum absolute atomic E-state index is 0.0583. The highest BCUT2D eigenvalue weighted by Gasteiger charge is 2.06. The molecule has 2 rings (SSSR count). The van der Waals surface area contributed by atoms with Crippen LogP contribution in [0.5, 0.6) is 11.5 Å². The highest BCUT2D eigenvalue weighted by atomic mass is 19.1. The molecule has 0 atom stereocenters. The molecule has 0 aliphatic rings. The zero-order chi connectivity index (χ0) is 12.3. The second kappa shape index (κ2) is 4.93. The van der Waals surface area contributed by atoms with Crippen LogP contribution in [0, 0.1) is 11.6 Å². The lowest BCUT2D eigenvalue weighted by Crippen LogP contribution is -1.93. The smallest absolute Gasteiger partial charge is 0.165 e. The number of halogens is 2. The van der Waals surface area contributed by atoms with Crippen LogP contribution >= 0.6 is 0 Å². The van der Waals surface area contributed by atoms with Crippen LogP contribution in [-0.4, -0.2) is 5.11 Å². The highest BCUT2D eigenvalue weighted by Crippen LogP contribution is 2.25. The summed E-state index contributed by atoms with van der Waals surface area (Å²) in [5.41, 5.74) is 0.110. The van der Waals surface area contributed by atoms with Crippen molar-refractivity contribution < 1.29 is 18.6 Å². The van der Waals surface area contributed by atoms with E-state index in [2.05, 4.69) is 0 Å². The predicted octanol–water partition coefficient (Wildman–Crippen LogP) is 3.25. The quantitative estimate of drug-likeness (QED) is 0.886. The first-order valence-corrected chi connectivity index (χ1v) is 5.02. The molecule has 4 heteroatoms. The van der Waals surface area contributed by atoms with E-state index in [1.807, 2.05) is 0 Å². The summed E-state index contributed by atoms with van der Waals surface area (Å²) in [7, 11) is 0. The minimum Gasteiger partial charge on any atom is -0.454 e. The molecule has 0 amide bonds. The summed E-state index contributed by atoms with van der Waals surface area (Å²) in [5, 5.41) is 8.89. The Labute approximate surface area is 97.1 Å². The van der Waals surface area contributed by atoms with Gasteiger partial charge in [0.1, 0.15) is 11.6 Å². The lowest BCUT2D eigenvalue weighted by molar-refractivity contribution is 0.275. The Kier molecular flexibility index (Phi) is 3.35. The SMILES string of the molecule is OCc1cc(Oc2ccccc2F)ccc1F. The summed E-state index contributed by atoms with van der Waals surface area (Å²) in [6.45, 7) is -0.430. The molecule has 0 aromatic heterocycles. The van der Waals surface area contributed by atoms with Gasteiger partial charge in [-0.3, -0.25) is 0 Å². The standard InChI is InChI=1S/C13H10F2O2/c14-11-6-5-10(7-9(11)8-16)17-13-4-2-1-3-12(13)15/h1-7,16H,8H2. The van der Waals surface area contributed by atoms with E-state index in [4.69, 9.17) is 9.84 Å². The Bertz CT molecular complexity index is 527. The molecule has 0 aliphatic carbocycles. The average molecular weight is 236 g/mol. The number of hydrogen-bond donors (Lipinski definition) is 1. The van der Waals surface area contributed by atoms with Crippen molar-refractivity contribution in [3.05, 3.63) is 59.7 Å². The number of para-hydroxylation sites is 1. The second-order valence-corrected chi connectivity index (χ2v) is 3.44. The molecule has 0 bridgehead atoms. The zero-order valence-corrected chi connectivity index (χ0v) is 8.86. The molecule has 88 valence electrons. The average Bonchev–Trinajstić information content (AvgIpc) is 2.34. The van der Waals surface area contributed by atoms with Gasteiger partial charge in [-0.2, -0.15) is 0 Å². The van der Waals surface area contributed by atoms with Gasteiger partial charge in [0, 0.05) is 5.56 Å². The molecule has 0 heterocycles. The summed E-state index contributed by atoms with van der Waals surface area (Å²) >= 11 is 0. The molecule has 2 nitrogen and oxygen atoms in total. The summed E-state index contributed by atoms with van der Waals surface area (Å²) < 4.78 is 31.6. The number of rotatable bonds is 3. The fourth-order valence-corrected chi connectivity index (χ4v) is 1.39. The fraction of sp³-hybridized carbons (Fsp3) is 0.0769. The molecule has 2 aromatic carbocycles. The van der Waals surface area contributed by atoms with Crippen molar-refractivity contribution >= 4 is 0 Å². The van der Waals surface area contributed by atoms with Crippen LogP contribution in [0.1, 0.15) is 5.56 Å². The maximum absolute atomic E-state index is 13.3. The molecule has 0 spiro atoms. The molecular weight excluding hydrogens is 226 g/mol. The summed E-state index contributed by atoms with van der Waals surface area (Å²) in [5.74, 6) is -0.681. The van der Waals surface area contributed by atoms with Gasteiger partial charge in [0.2, 0.25) is 0 Å². The Hall–Kier alpha value is -1.94. The molecule has 0 radical (unpaired) electrons. The lowest BCUT2D eigenvalue weighted by Gasteiger charge is -2.08. The molecule has 0 saturated carbocycles. The normalized spacial score (nSPS) is 10.3. The molecule has 0 saturated heterocycles. The van der Waals surface area contributed by atoms with E-state index in [9.17, 15) is 8.78 Å². The van der Waals surface area contributed by atoms with Crippen molar-refractivity contribution in [2.75, 3.05) is 0 Å². The first kappa shape index (κ1) is 11.5. The van der Waals surface area contributed by atoms with Gasteiger partial charge in [-0.15, -0.1) is 0 Å². The Morgan fingerprint density at radius 3 is 2.47 bits per heavy atom. The second-order valence-electron chi connectivity index (χ2n) is 3.44. The number of aliphatic hydroxyl groups is 1. The number of ether oxygens (including phenoxy) is 1. The van der Waals surface area contributed by atoms with Crippen LogP contribution in [0.4, 0.5) is 8.78 Å². The molecule has 0 unspecified atom stereocenters. The van der Waals surface area contributed by atoms with Crippen LogP contribution in [0.25, 0.3) is 0 Å². The van der Waals surface area contributed by atoms with E-state index in [1.54, 1.807) is 12.1 Å². The summed E-state index contributed by atoms with van der Waals surface area (Å²) in [6, 6.07) is 9.80. The van der Waals surface area contributed by atoms with E-state index in [-0.39, 0.29) is 17.1 Å². The van der Waals surface area contributed by atoms with Gasteiger partial charge in [-0.25, -0.2) is 8.78 Å². The zero-order valence-electron chi connectivity index (χ0n) is 8.86. The van der Waals surface area contributed by atoms with Crippen LogP contribution in [-0.2, 0) is 6.61 Å². The van der Waals surface area contributed by atoms with Gasteiger partial charge >= 0.3 is 0 Å². The van der Waals surface area contributed by atoms with Crippen LogP contribution in [0.3, 0.4) is 0 Å². The van der Waals surface area contributed by atoms with Gasteiger partial charge in [-0.1, -0.05) is 12.1 Å². The molecule has 0 fully saturated rings. The topological polar surface area (TPSA) is 29.5 Å². The van der Waals surface area contributed by atoms with Crippen LogP contribution in [0.2, 0.25) is 0 Å². The van der Waals surface area contributed by atoms with Crippen LogP contribution < -0.4 is 4.74 Å². The monoisotopic (exact) mass is 236 g/mol. The van der Waals surface area contributed by atoms with Gasteiger partial charge in [-0.05, 0) is 30.3 Å². The minimum atomic E-state index is -0.520. The van der Waals surface area contributed by atoms with Crippen molar-refractivity contribution in [1.82, 2.24) is 0 Å². The highest BCUT2D eigenvalue weighted by molar-refractivity contribution is 5.35. The largest absolute Gasteiger partial charge is 0.454 e. The van der Waals surface area contributed by atoms with E-state index in [1.165, 1.54) is 30.3 Å².